The molecule has 0 fully saturated rings. The highest BCUT2D eigenvalue weighted by Crippen LogP contribution is 2.45. The van der Waals surface area contributed by atoms with Gasteiger partial charge in [0, 0.05) is 25.7 Å². The molecular weight excluding hydrogens is 1110 g/mol. The smallest absolute Gasteiger partial charge is 0.462 e. The van der Waals surface area contributed by atoms with Crippen molar-refractivity contribution in [1.82, 2.24) is 0 Å². The van der Waals surface area contributed by atoms with Crippen molar-refractivity contribution < 1.29 is 80.2 Å². The van der Waals surface area contributed by atoms with E-state index < -0.39 is 97.5 Å². The summed E-state index contributed by atoms with van der Waals surface area (Å²) in [6.45, 7) is 7.20. The van der Waals surface area contributed by atoms with Gasteiger partial charge < -0.3 is 33.8 Å². The lowest BCUT2D eigenvalue weighted by atomic mass is 9.99. The predicted molar refractivity (Wildman–Crippen MR) is 335 cm³/mol. The molecule has 0 aliphatic rings. The number of esters is 4. The minimum Gasteiger partial charge on any atom is -0.462 e. The zero-order valence-electron chi connectivity index (χ0n) is 54.0. The number of aliphatic hydroxyl groups is 1. The quantitative estimate of drug-likeness (QED) is 0.0222. The van der Waals surface area contributed by atoms with Crippen LogP contribution in [0.3, 0.4) is 0 Å². The van der Waals surface area contributed by atoms with E-state index in [9.17, 15) is 43.2 Å². The zero-order valence-corrected chi connectivity index (χ0v) is 55.8. The first kappa shape index (κ1) is 82.1. The van der Waals surface area contributed by atoms with E-state index in [0.29, 0.717) is 25.7 Å². The molecule has 0 aromatic carbocycles. The van der Waals surface area contributed by atoms with Crippen molar-refractivity contribution >= 4 is 39.5 Å². The van der Waals surface area contributed by atoms with Crippen molar-refractivity contribution in [1.29, 1.82) is 0 Å². The third-order valence-electron chi connectivity index (χ3n) is 15.4. The van der Waals surface area contributed by atoms with Crippen molar-refractivity contribution in [2.45, 2.75) is 348 Å². The summed E-state index contributed by atoms with van der Waals surface area (Å²) in [7, 11) is -9.88. The summed E-state index contributed by atoms with van der Waals surface area (Å²) >= 11 is 0. The Morgan fingerprint density at radius 3 is 0.845 bits per heavy atom. The normalized spacial score (nSPS) is 14.5. The molecule has 0 bridgehead atoms. The zero-order chi connectivity index (χ0) is 62.0. The number of aliphatic hydroxyl groups excluding tert-OH is 1. The van der Waals surface area contributed by atoms with Crippen molar-refractivity contribution in [3.8, 4) is 0 Å². The molecule has 0 rings (SSSR count). The topological polar surface area (TPSA) is 237 Å². The van der Waals surface area contributed by atoms with Gasteiger partial charge in [0.2, 0.25) is 0 Å². The van der Waals surface area contributed by atoms with Gasteiger partial charge in [-0.25, -0.2) is 9.13 Å². The van der Waals surface area contributed by atoms with Crippen LogP contribution in [0.15, 0.2) is 0 Å². The van der Waals surface area contributed by atoms with E-state index in [1.165, 1.54) is 148 Å². The van der Waals surface area contributed by atoms with Gasteiger partial charge in [0.25, 0.3) is 0 Å². The van der Waals surface area contributed by atoms with Crippen LogP contribution in [0.2, 0.25) is 0 Å². The molecule has 17 nitrogen and oxygen atoms in total. The maximum absolute atomic E-state index is 13.0. The van der Waals surface area contributed by atoms with Gasteiger partial charge in [0.05, 0.1) is 26.4 Å². The fourth-order valence-electron chi connectivity index (χ4n) is 9.73. The second kappa shape index (κ2) is 58.7. The van der Waals surface area contributed by atoms with Gasteiger partial charge in [0.1, 0.15) is 19.3 Å². The van der Waals surface area contributed by atoms with Gasteiger partial charge in [-0.2, -0.15) is 0 Å². The van der Waals surface area contributed by atoms with E-state index in [1.807, 2.05) is 0 Å². The molecule has 84 heavy (non-hydrogen) atoms. The summed E-state index contributed by atoms with van der Waals surface area (Å²) in [5.74, 6) is -1.33. The molecule has 0 radical (unpaired) electrons. The van der Waals surface area contributed by atoms with Gasteiger partial charge in [-0.3, -0.25) is 37.3 Å². The molecule has 0 aliphatic carbocycles. The fourth-order valence-corrected chi connectivity index (χ4v) is 11.3. The molecule has 3 N–H and O–H groups in total. The van der Waals surface area contributed by atoms with Gasteiger partial charge >= 0.3 is 39.5 Å². The van der Waals surface area contributed by atoms with E-state index in [0.717, 1.165) is 102 Å². The average molecular weight is 1240 g/mol. The Labute approximate surface area is 511 Å². The van der Waals surface area contributed by atoms with E-state index in [4.69, 9.17) is 37.0 Å². The van der Waals surface area contributed by atoms with Crippen LogP contribution in [0.4, 0.5) is 0 Å². The Balaban J connectivity index is 5.23. The maximum atomic E-state index is 13.0. The summed E-state index contributed by atoms with van der Waals surface area (Å²) < 4.78 is 68.0. The van der Waals surface area contributed by atoms with Crippen LogP contribution in [0.5, 0.6) is 0 Å². The van der Waals surface area contributed by atoms with E-state index >= 15 is 0 Å². The Morgan fingerprint density at radius 2 is 0.571 bits per heavy atom. The van der Waals surface area contributed by atoms with Crippen molar-refractivity contribution in [2.75, 3.05) is 39.6 Å². The number of hydrogen-bond acceptors (Lipinski definition) is 15. The number of ether oxygens (including phenoxy) is 4. The molecular formula is C65H126O17P2. The van der Waals surface area contributed by atoms with Crippen LogP contribution >= 0.6 is 15.6 Å². The lowest BCUT2D eigenvalue weighted by Gasteiger charge is -2.21. The number of carbonyl (C=O) groups is 4. The molecule has 0 saturated carbocycles. The van der Waals surface area contributed by atoms with Crippen LogP contribution in [0.25, 0.3) is 0 Å². The summed E-state index contributed by atoms with van der Waals surface area (Å²) in [4.78, 5) is 72.2. The Bertz CT molecular complexity index is 1640. The average Bonchev–Trinajstić information content (AvgIpc) is 3.47. The van der Waals surface area contributed by atoms with Gasteiger partial charge in [-0.1, -0.05) is 279 Å². The molecule has 0 amide bonds. The van der Waals surface area contributed by atoms with Gasteiger partial charge in [-0.15, -0.1) is 0 Å². The van der Waals surface area contributed by atoms with Crippen LogP contribution in [0, 0.1) is 5.92 Å². The van der Waals surface area contributed by atoms with E-state index in [2.05, 4.69) is 34.6 Å². The first-order chi connectivity index (χ1) is 40.6. The standard InChI is InChI=1S/C65H126O17P2/c1-6-10-13-16-19-22-24-25-30-34-39-44-49-63(68)76-55-61(82-65(70)51-46-41-36-31-27-26-28-32-37-42-47-58(5)9-4)57-80-84(73,74)78-53-59(66)52-77-83(71,72)79-56-60(54-75-62(67)48-43-38-33-21-18-15-12-8-3)81-64(69)50-45-40-35-29-23-20-17-14-11-7-2/h58-61,66H,6-57H2,1-5H3,(H,71,72)(H,73,74)/t58?,59-,60+,61+/m0/s1. The lowest BCUT2D eigenvalue weighted by Crippen LogP contribution is -2.30. The Kier molecular flexibility index (Phi) is 57.4. The number of hydrogen-bond donors (Lipinski definition) is 3. The highest BCUT2D eigenvalue weighted by Gasteiger charge is 2.30. The molecule has 0 heterocycles. The highest BCUT2D eigenvalue weighted by atomic mass is 31.2. The molecule has 498 valence electrons. The first-order valence-electron chi connectivity index (χ1n) is 34.2. The third kappa shape index (κ3) is 57.8. The molecule has 0 aromatic heterocycles. The van der Waals surface area contributed by atoms with Gasteiger partial charge in [-0.05, 0) is 31.6 Å². The second-order valence-electron chi connectivity index (χ2n) is 23.7. The molecule has 0 aliphatic heterocycles. The summed E-state index contributed by atoms with van der Waals surface area (Å²) in [6.07, 6.45) is 42.9. The van der Waals surface area contributed by atoms with Crippen molar-refractivity contribution in [3.05, 3.63) is 0 Å². The van der Waals surface area contributed by atoms with Gasteiger partial charge in [0.15, 0.2) is 12.2 Å². The molecule has 0 aromatic rings. The summed E-state index contributed by atoms with van der Waals surface area (Å²) in [6, 6.07) is 0. The number of phosphoric ester groups is 2. The monoisotopic (exact) mass is 1240 g/mol. The largest absolute Gasteiger partial charge is 0.472 e. The minimum absolute atomic E-state index is 0.106. The molecule has 0 saturated heterocycles. The number of unbranched alkanes of at least 4 members (excludes halogenated alkanes) is 36. The fraction of sp³-hybridized carbons (Fsp3) is 0.938. The molecule has 3 unspecified atom stereocenters. The highest BCUT2D eigenvalue weighted by molar-refractivity contribution is 7.47. The third-order valence-corrected chi connectivity index (χ3v) is 17.3. The minimum atomic E-state index is -4.94. The number of carbonyl (C=O) groups excluding carboxylic acids is 4. The summed E-state index contributed by atoms with van der Waals surface area (Å²) in [5, 5.41) is 10.5. The van der Waals surface area contributed by atoms with Crippen LogP contribution in [-0.4, -0.2) is 96.7 Å². The van der Waals surface area contributed by atoms with Crippen LogP contribution < -0.4 is 0 Å². The SMILES string of the molecule is CCCCCCCCCCCCCCC(=O)OC[C@H](COP(=O)(O)OC[C@@H](O)COP(=O)(O)OC[C@@H](COC(=O)CCCCCCCCCC)OC(=O)CCCCCCCCCCCC)OC(=O)CCCCCCCCCCCCC(C)CC. The Hall–Kier alpha value is -1.94. The van der Waals surface area contributed by atoms with Crippen molar-refractivity contribution in [2.24, 2.45) is 5.92 Å². The first-order valence-corrected chi connectivity index (χ1v) is 37.2. The molecule has 6 atom stereocenters. The van der Waals surface area contributed by atoms with Crippen molar-refractivity contribution in [3.63, 3.8) is 0 Å². The number of rotatable bonds is 65. The second-order valence-corrected chi connectivity index (χ2v) is 26.7. The van der Waals surface area contributed by atoms with Crippen LogP contribution in [0.1, 0.15) is 330 Å². The van der Waals surface area contributed by atoms with E-state index in [-0.39, 0.29) is 25.7 Å². The predicted octanol–water partition coefficient (Wildman–Crippen LogP) is 18.2. The molecule has 19 heteroatoms. The Morgan fingerprint density at radius 1 is 0.333 bits per heavy atom. The summed E-state index contributed by atoms with van der Waals surface area (Å²) in [5.41, 5.74) is 0. The maximum Gasteiger partial charge on any atom is 0.472 e. The van der Waals surface area contributed by atoms with Crippen LogP contribution in [-0.2, 0) is 65.4 Å². The lowest BCUT2D eigenvalue weighted by molar-refractivity contribution is -0.161. The molecule has 0 spiro atoms. The number of phosphoric acid groups is 2. The van der Waals surface area contributed by atoms with E-state index in [1.54, 1.807) is 0 Å².